The normalized spacial score (nSPS) is 31.2. The summed E-state index contributed by atoms with van der Waals surface area (Å²) in [6.07, 6.45) is 6.99. The van der Waals surface area contributed by atoms with Crippen molar-refractivity contribution in [3.05, 3.63) is 41.5 Å². The van der Waals surface area contributed by atoms with E-state index in [1.54, 1.807) is 32.4 Å². The molecule has 2 heterocycles. The third-order valence-electron chi connectivity index (χ3n) is 7.83. The summed E-state index contributed by atoms with van der Waals surface area (Å²) in [5.41, 5.74) is 1.37. The summed E-state index contributed by atoms with van der Waals surface area (Å²) in [6.45, 7) is 7.84. The van der Waals surface area contributed by atoms with Gasteiger partial charge in [0, 0.05) is 13.2 Å². The van der Waals surface area contributed by atoms with Crippen LogP contribution in [0.2, 0.25) is 0 Å². The van der Waals surface area contributed by atoms with Gasteiger partial charge < -0.3 is 38.3 Å². The number of carbonyl (C=O) groups is 1. The maximum Gasteiger partial charge on any atom is 0.331 e. The fraction of sp³-hybridized carbons (Fsp3) is 0.633. The van der Waals surface area contributed by atoms with E-state index in [1.165, 1.54) is 11.6 Å². The lowest BCUT2D eigenvalue weighted by Crippen LogP contribution is -2.55. The number of aliphatic hydroxyl groups is 1. The predicted octanol–water partition coefficient (Wildman–Crippen LogP) is 3.72. The number of allylic oxidation sites excluding steroid dienone is 1. The monoisotopic (exact) mass is 546 g/mol. The van der Waals surface area contributed by atoms with Gasteiger partial charge >= 0.3 is 5.97 Å². The second-order valence-corrected chi connectivity index (χ2v) is 10.8. The molecule has 1 saturated carbocycles. The lowest BCUT2D eigenvalue weighted by Gasteiger charge is -2.42. The summed E-state index contributed by atoms with van der Waals surface area (Å²) in [5.74, 6) is 0.643. The molecule has 9 nitrogen and oxygen atoms in total. The molecule has 216 valence electrons. The van der Waals surface area contributed by atoms with Crippen LogP contribution in [0.3, 0.4) is 0 Å². The van der Waals surface area contributed by atoms with Crippen LogP contribution in [0.5, 0.6) is 11.5 Å². The number of hydrogen-bond donors (Lipinski definition) is 1. The average molecular weight is 547 g/mol. The number of rotatable bonds is 14. The molecule has 9 heteroatoms. The van der Waals surface area contributed by atoms with Gasteiger partial charge in [-0.3, -0.25) is 0 Å². The minimum atomic E-state index is -0.438. The Labute approximate surface area is 231 Å². The van der Waals surface area contributed by atoms with Crippen LogP contribution in [0.4, 0.5) is 0 Å². The fourth-order valence-electron chi connectivity index (χ4n) is 5.71. The van der Waals surface area contributed by atoms with Gasteiger partial charge in [0.15, 0.2) is 11.5 Å². The van der Waals surface area contributed by atoms with Crippen molar-refractivity contribution >= 4 is 12.0 Å². The van der Waals surface area contributed by atoms with Crippen molar-refractivity contribution in [1.82, 2.24) is 0 Å². The van der Waals surface area contributed by atoms with E-state index in [9.17, 15) is 4.79 Å². The molecule has 1 N–H and O–H groups in total. The largest absolute Gasteiger partial charge is 0.493 e. The van der Waals surface area contributed by atoms with E-state index >= 15 is 0 Å². The van der Waals surface area contributed by atoms with Crippen molar-refractivity contribution in [3.63, 3.8) is 0 Å². The molecular weight excluding hydrogens is 504 g/mol. The van der Waals surface area contributed by atoms with Gasteiger partial charge in [-0.2, -0.15) is 0 Å². The molecule has 0 bridgehead atoms. The Kier molecular flexibility index (Phi) is 9.72. The Hall–Kier alpha value is -2.43. The van der Waals surface area contributed by atoms with E-state index in [1.807, 2.05) is 6.07 Å². The van der Waals surface area contributed by atoms with Gasteiger partial charge in [-0.25, -0.2) is 4.79 Å². The number of epoxide rings is 2. The summed E-state index contributed by atoms with van der Waals surface area (Å²) < 4.78 is 40.5. The van der Waals surface area contributed by atoms with E-state index in [2.05, 4.69) is 26.8 Å². The summed E-state index contributed by atoms with van der Waals surface area (Å²) in [7, 11) is 3.23. The lowest BCUT2D eigenvalue weighted by atomic mass is 9.68. The predicted molar refractivity (Wildman–Crippen MR) is 145 cm³/mol. The standard InChI is InChI=1S/C30H42O9/c1-20(2)6-10-25-29(3,39-25)28-27(34-5)23(12-13-30(28)19-37-30)38-26(32)11-8-21-7-9-22(33-4)24(18-21)36-17-16-35-15-14-31/h6-9,11,18,23,25,27-28,31H,10,12-17,19H2,1-5H3/b11-8+/t23-,25+,27-,28-,29-,30+/m1/s1. The Morgan fingerprint density at radius 1 is 1.18 bits per heavy atom. The van der Waals surface area contributed by atoms with Crippen molar-refractivity contribution in [2.24, 2.45) is 5.92 Å². The van der Waals surface area contributed by atoms with Gasteiger partial charge in [0.05, 0.1) is 45.6 Å². The smallest absolute Gasteiger partial charge is 0.331 e. The number of benzene rings is 1. The minimum absolute atomic E-state index is 0.0243. The molecule has 2 saturated heterocycles. The zero-order valence-electron chi connectivity index (χ0n) is 23.6. The number of aliphatic hydroxyl groups excluding tert-OH is 1. The number of hydrogen-bond acceptors (Lipinski definition) is 9. The first-order chi connectivity index (χ1) is 18.8. The van der Waals surface area contributed by atoms with E-state index in [-0.39, 0.29) is 42.5 Å². The molecule has 3 fully saturated rings. The quantitative estimate of drug-likeness (QED) is 0.123. The lowest BCUT2D eigenvalue weighted by molar-refractivity contribution is -0.166. The Morgan fingerprint density at radius 3 is 2.64 bits per heavy atom. The molecule has 1 aromatic carbocycles. The topological polar surface area (TPSA) is 109 Å². The molecule has 0 amide bonds. The number of methoxy groups -OCH3 is 2. The van der Waals surface area contributed by atoms with Crippen LogP contribution in [-0.2, 0) is 28.5 Å². The van der Waals surface area contributed by atoms with E-state index in [4.69, 9.17) is 38.3 Å². The second-order valence-electron chi connectivity index (χ2n) is 10.8. The maximum absolute atomic E-state index is 12.9. The van der Waals surface area contributed by atoms with Gasteiger partial charge in [0.1, 0.15) is 30.0 Å². The van der Waals surface area contributed by atoms with Crippen molar-refractivity contribution in [3.8, 4) is 11.5 Å². The molecule has 39 heavy (non-hydrogen) atoms. The highest BCUT2D eigenvalue weighted by Crippen LogP contribution is 2.59. The first-order valence-electron chi connectivity index (χ1n) is 13.6. The van der Waals surface area contributed by atoms with E-state index < -0.39 is 12.1 Å². The SMILES string of the molecule is COc1ccc(/C=C/C(=O)O[C@@H]2CC[C@]3(CO3)[C@@H]([C@]3(C)O[C@H]3CC=C(C)C)[C@@H]2OC)cc1OCCOCCO. The fourth-order valence-corrected chi connectivity index (χ4v) is 5.71. The van der Waals surface area contributed by atoms with E-state index in [0.29, 0.717) is 37.7 Å². The van der Waals surface area contributed by atoms with Crippen molar-refractivity contribution < 1.29 is 43.1 Å². The first kappa shape index (κ1) is 29.6. The van der Waals surface area contributed by atoms with Crippen molar-refractivity contribution in [2.45, 2.75) is 69.5 Å². The highest BCUT2D eigenvalue weighted by Gasteiger charge is 2.72. The van der Waals surface area contributed by atoms with Gasteiger partial charge in [-0.15, -0.1) is 0 Å². The molecule has 1 aromatic rings. The summed E-state index contributed by atoms with van der Waals surface area (Å²) in [6, 6.07) is 5.40. The highest BCUT2D eigenvalue weighted by molar-refractivity contribution is 5.87. The molecule has 1 aliphatic carbocycles. The van der Waals surface area contributed by atoms with Crippen LogP contribution in [0, 0.1) is 5.92 Å². The van der Waals surface area contributed by atoms with Crippen molar-refractivity contribution in [2.75, 3.05) is 47.3 Å². The molecule has 0 unspecified atom stereocenters. The van der Waals surface area contributed by atoms with Crippen molar-refractivity contribution in [1.29, 1.82) is 0 Å². The Morgan fingerprint density at radius 2 is 1.97 bits per heavy atom. The zero-order valence-corrected chi connectivity index (χ0v) is 23.6. The average Bonchev–Trinajstić information content (AvgIpc) is 3.84. The van der Waals surface area contributed by atoms with Crippen LogP contribution in [0.1, 0.15) is 45.6 Å². The number of ether oxygens (including phenoxy) is 7. The molecule has 0 radical (unpaired) electrons. The Bertz CT molecular complexity index is 1040. The summed E-state index contributed by atoms with van der Waals surface area (Å²) in [4.78, 5) is 12.9. The van der Waals surface area contributed by atoms with Crippen LogP contribution in [0.25, 0.3) is 6.08 Å². The Balaban J connectivity index is 1.39. The maximum atomic E-state index is 12.9. The highest BCUT2D eigenvalue weighted by atomic mass is 16.6. The van der Waals surface area contributed by atoms with Crippen LogP contribution >= 0.6 is 0 Å². The molecule has 2 aliphatic heterocycles. The third-order valence-corrected chi connectivity index (χ3v) is 7.83. The minimum Gasteiger partial charge on any atom is -0.493 e. The van der Waals surface area contributed by atoms with Crippen LogP contribution in [-0.4, -0.2) is 87.8 Å². The molecule has 0 aromatic heterocycles. The van der Waals surface area contributed by atoms with Gasteiger partial charge in [0.25, 0.3) is 0 Å². The third kappa shape index (κ3) is 7.02. The molecule has 6 atom stereocenters. The van der Waals surface area contributed by atoms with Crippen LogP contribution in [0.15, 0.2) is 35.9 Å². The molecule has 3 aliphatic rings. The molecule has 4 rings (SSSR count). The zero-order chi connectivity index (χ0) is 28.0. The van der Waals surface area contributed by atoms with Gasteiger partial charge in [-0.1, -0.05) is 17.7 Å². The van der Waals surface area contributed by atoms with Crippen LogP contribution < -0.4 is 9.47 Å². The first-order valence-corrected chi connectivity index (χ1v) is 13.6. The van der Waals surface area contributed by atoms with E-state index in [0.717, 1.165) is 18.4 Å². The number of carbonyl (C=O) groups excluding carboxylic acids is 1. The van der Waals surface area contributed by atoms with Gasteiger partial charge in [-0.05, 0) is 63.8 Å². The molecular formula is C30H42O9. The summed E-state index contributed by atoms with van der Waals surface area (Å²) in [5, 5.41) is 8.81. The molecule has 1 spiro atoms. The van der Waals surface area contributed by atoms with Gasteiger partial charge in [0.2, 0.25) is 0 Å². The second kappa shape index (κ2) is 12.8. The summed E-state index contributed by atoms with van der Waals surface area (Å²) >= 11 is 0. The number of esters is 1.